The molecular formula is C12H12Cl2N2O4. The van der Waals surface area contributed by atoms with Gasteiger partial charge in [0.1, 0.15) is 0 Å². The minimum atomic E-state index is -0.553. The van der Waals surface area contributed by atoms with Crippen molar-refractivity contribution in [3.8, 4) is 0 Å². The maximum absolute atomic E-state index is 11.5. The number of non-ortho nitro benzene ring substituents is 1. The van der Waals surface area contributed by atoms with E-state index in [1.54, 1.807) is 0 Å². The molecule has 0 spiro atoms. The Bertz CT molecular complexity index is 541. The third kappa shape index (κ3) is 2.81. The number of nitro groups is 1. The highest BCUT2D eigenvalue weighted by Crippen LogP contribution is 2.39. The van der Waals surface area contributed by atoms with E-state index in [1.165, 1.54) is 19.2 Å². The van der Waals surface area contributed by atoms with Crippen LogP contribution in [0, 0.1) is 16.0 Å². The van der Waals surface area contributed by atoms with Gasteiger partial charge in [-0.1, -0.05) is 23.2 Å². The standard InChI is InChI=1S/C12H12Cl2N2O4/c1-20-12(17)7-2-3-15(6-7)11-9(13)4-8(16(18)19)5-10(11)14/h4-5,7H,2-3,6H2,1H3. The van der Waals surface area contributed by atoms with Gasteiger partial charge in [0.15, 0.2) is 0 Å². The van der Waals surface area contributed by atoms with E-state index < -0.39 is 4.92 Å². The number of halogens is 2. The van der Waals surface area contributed by atoms with Crippen molar-refractivity contribution in [3.05, 3.63) is 32.3 Å². The Labute approximate surface area is 125 Å². The molecule has 20 heavy (non-hydrogen) atoms. The van der Waals surface area contributed by atoms with Crippen LogP contribution in [0.4, 0.5) is 11.4 Å². The van der Waals surface area contributed by atoms with Gasteiger partial charge in [-0.15, -0.1) is 0 Å². The van der Waals surface area contributed by atoms with Crippen molar-refractivity contribution in [2.45, 2.75) is 6.42 Å². The summed E-state index contributed by atoms with van der Waals surface area (Å²) in [5.74, 6) is -0.510. The van der Waals surface area contributed by atoms with E-state index in [1.807, 2.05) is 4.90 Å². The second-order valence-corrected chi connectivity index (χ2v) is 5.28. The zero-order valence-electron chi connectivity index (χ0n) is 10.6. The average molecular weight is 319 g/mol. The summed E-state index contributed by atoms with van der Waals surface area (Å²) in [5.41, 5.74) is 0.359. The van der Waals surface area contributed by atoms with Gasteiger partial charge in [-0.3, -0.25) is 14.9 Å². The second kappa shape index (κ2) is 5.85. The number of ether oxygens (including phenoxy) is 1. The fraction of sp³-hybridized carbons (Fsp3) is 0.417. The Morgan fingerprint density at radius 2 is 2.05 bits per heavy atom. The van der Waals surface area contributed by atoms with E-state index in [-0.39, 0.29) is 27.6 Å². The van der Waals surface area contributed by atoms with Gasteiger partial charge in [-0.05, 0) is 6.42 Å². The summed E-state index contributed by atoms with van der Waals surface area (Å²) in [4.78, 5) is 23.5. The zero-order chi connectivity index (χ0) is 14.9. The molecule has 1 aliphatic rings. The molecule has 6 nitrogen and oxygen atoms in total. The van der Waals surface area contributed by atoms with Crippen molar-refractivity contribution in [1.29, 1.82) is 0 Å². The quantitative estimate of drug-likeness (QED) is 0.486. The van der Waals surface area contributed by atoms with Crippen LogP contribution in [0.5, 0.6) is 0 Å². The second-order valence-electron chi connectivity index (χ2n) is 4.47. The minimum absolute atomic E-state index is 0.160. The van der Waals surface area contributed by atoms with Crippen molar-refractivity contribution < 1.29 is 14.5 Å². The van der Waals surface area contributed by atoms with Gasteiger partial charge in [-0.2, -0.15) is 0 Å². The van der Waals surface area contributed by atoms with E-state index >= 15 is 0 Å². The van der Waals surface area contributed by atoms with Crippen LogP contribution in [0.25, 0.3) is 0 Å². The number of nitro benzene ring substituents is 1. The van der Waals surface area contributed by atoms with Gasteiger partial charge in [-0.25, -0.2) is 0 Å². The molecule has 1 aromatic carbocycles. The van der Waals surface area contributed by atoms with Crippen molar-refractivity contribution in [1.82, 2.24) is 0 Å². The molecule has 0 aliphatic carbocycles. The van der Waals surface area contributed by atoms with E-state index in [2.05, 4.69) is 0 Å². The first-order valence-electron chi connectivity index (χ1n) is 5.90. The van der Waals surface area contributed by atoms with Crippen molar-refractivity contribution in [2.24, 2.45) is 5.92 Å². The largest absolute Gasteiger partial charge is 0.469 e. The first kappa shape index (κ1) is 14.9. The Kier molecular flexibility index (Phi) is 4.35. The van der Waals surface area contributed by atoms with Gasteiger partial charge in [0, 0.05) is 25.2 Å². The Morgan fingerprint density at radius 3 is 2.55 bits per heavy atom. The van der Waals surface area contributed by atoms with Gasteiger partial charge < -0.3 is 9.64 Å². The number of carbonyl (C=O) groups excluding carboxylic acids is 1. The SMILES string of the molecule is COC(=O)C1CCN(c2c(Cl)cc([N+](=O)[O-])cc2Cl)C1. The van der Waals surface area contributed by atoms with Crippen LogP contribution in [0.15, 0.2) is 12.1 Å². The predicted octanol–water partition coefficient (Wildman–Crippen LogP) is 2.90. The van der Waals surface area contributed by atoms with Crippen LogP contribution in [-0.2, 0) is 9.53 Å². The van der Waals surface area contributed by atoms with E-state index in [0.717, 1.165) is 0 Å². The summed E-state index contributed by atoms with van der Waals surface area (Å²) in [6, 6.07) is 2.52. The summed E-state index contributed by atoms with van der Waals surface area (Å²) >= 11 is 12.1. The number of nitrogens with zero attached hydrogens (tertiary/aromatic N) is 2. The first-order chi connectivity index (χ1) is 9.43. The van der Waals surface area contributed by atoms with Crippen molar-refractivity contribution in [2.75, 3.05) is 25.1 Å². The summed E-state index contributed by atoms with van der Waals surface area (Å²) in [6.07, 6.45) is 0.635. The Balaban J connectivity index is 2.26. The maximum Gasteiger partial charge on any atom is 0.310 e. The summed E-state index contributed by atoms with van der Waals surface area (Å²) in [6.45, 7) is 1.03. The fourth-order valence-corrected chi connectivity index (χ4v) is 3.00. The molecule has 1 atom stereocenters. The van der Waals surface area contributed by atoms with Crippen LogP contribution >= 0.6 is 23.2 Å². The van der Waals surface area contributed by atoms with Gasteiger partial charge in [0.2, 0.25) is 0 Å². The number of carbonyl (C=O) groups is 1. The molecule has 1 unspecified atom stereocenters. The normalized spacial score (nSPS) is 18.1. The number of hydrogen-bond acceptors (Lipinski definition) is 5. The number of hydrogen-bond donors (Lipinski definition) is 0. The molecule has 0 bridgehead atoms. The van der Waals surface area contributed by atoms with Crippen LogP contribution < -0.4 is 4.90 Å². The number of anilines is 1. The third-order valence-corrected chi connectivity index (χ3v) is 3.83. The molecule has 1 aliphatic heterocycles. The van der Waals surface area contributed by atoms with Crippen molar-refractivity contribution in [3.63, 3.8) is 0 Å². The average Bonchev–Trinajstić information content (AvgIpc) is 2.86. The van der Waals surface area contributed by atoms with E-state index in [9.17, 15) is 14.9 Å². The number of benzene rings is 1. The number of rotatable bonds is 3. The third-order valence-electron chi connectivity index (χ3n) is 3.25. The van der Waals surface area contributed by atoms with E-state index in [4.69, 9.17) is 27.9 Å². The van der Waals surface area contributed by atoms with Crippen LogP contribution in [-0.4, -0.2) is 31.1 Å². The Morgan fingerprint density at radius 1 is 1.45 bits per heavy atom. The molecule has 1 aromatic rings. The van der Waals surface area contributed by atoms with Crippen molar-refractivity contribution >= 4 is 40.5 Å². The molecule has 1 heterocycles. The molecule has 1 fully saturated rings. The highest BCUT2D eigenvalue weighted by molar-refractivity contribution is 6.39. The lowest BCUT2D eigenvalue weighted by Gasteiger charge is -2.21. The molecule has 1 saturated heterocycles. The Hall–Kier alpha value is -1.53. The first-order valence-corrected chi connectivity index (χ1v) is 6.66. The molecule has 8 heteroatoms. The molecule has 0 saturated carbocycles. The smallest absolute Gasteiger partial charge is 0.310 e. The zero-order valence-corrected chi connectivity index (χ0v) is 12.1. The fourth-order valence-electron chi connectivity index (χ4n) is 2.28. The van der Waals surface area contributed by atoms with Crippen LogP contribution in [0.2, 0.25) is 10.0 Å². The summed E-state index contributed by atoms with van der Waals surface area (Å²) in [5, 5.41) is 11.1. The number of methoxy groups -OCH3 is 1. The monoisotopic (exact) mass is 318 g/mol. The molecule has 0 aromatic heterocycles. The van der Waals surface area contributed by atoms with Gasteiger partial charge in [0.05, 0.1) is 33.7 Å². The molecule has 0 amide bonds. The van der Waals surface area contributed by atoms with Crippen LogP contribution in [0.3, 0.4) is 0 Å². The summed E-state index contributed by atoms with van der Waals surface area (Å²) in [7, 11) is 1.34. The lowest BCUT2D eigenvalue weighted by atomic mass is 10.1. The maximum atomic E-state index is 11.5. The molecule has 0 N–H and O–H groups in total. The highest BCUT2D eigenvalue weighted by atomic mass is 35.5. The minimum Gasteiger partial charge on any atom is -0.469 e. The molecule has 2 rings (SSSR count). The lowest BCUT2D eigenvalue weighted by molar-refractivity contribution is -0.384. The van der Waals surface area contributed by atoms with Gasteiger partial charge >= 0.3 is 5.97 Å². The number of esters is 1. The topological polar surface area (TPSA) is 72.7 Å². The lowest BCUT2D eigenvalue weighted by Crippen LogP contribution is -2.24. The molecule has 108 valence electrons. The predicted molar refractivity (Wildman–Crippen MR) is 75.5 cm³/mol. The van der Waals surface area contributed by atoms with Crippen LogP contribution in [0.1, 0.15) is 6.42 Å². The molecular weight excluding hydrogens is 307 g/mol. The van der Waals surface area contributed by atoms with Gasteiger partial charge in [0.25, 0.3) is 5.69 Å². The summed E-state index contributed by atoms with van der Waals surface area (Å²) < 4.78 is 4.71. The van der Waals surface area contributed by atoms with E-state index in [0.29, 0.717) is 25.2 Å². The highest BCUT2D eigenvalue weighted by Gasteiger charge is 2.31. The molecule has 0 radical (unpaired) electrons.